The molecule has 0 rings (SSSR count). The molecule has 0 unspecified atom stereocenters. The van der Waals surface area contributed by atoms with Crippen molar-refractivity contribution >= 4 is 6.29 Å². The molecular formula is C15H23F3O3. The monoisotopic (exact) mass is 308 g/mol. The average Bonchev–Trinajstić information content (AvgIpc) is 2.42. The number of aliphatic hydroxyl groups is 1. The largest absolute Gasteiger partial charge is 0.480 e. The molecule has 0 radical (unpaired) electrons. The molecule has 3 nitrogen and oxygen atoms in total. The van der Waals surface area contributed by atoms with E-state index in [0.717, 1.165) is 13.2 Å². The van der Waals surface area contributed by atoms with Crippen LogP contribution in [-0.4, -0.2) is 30.3 Å². The van der Waals surface area contributed by atoms with Crippen LogP contribution in [0.15, 0.2) is 36.1 Å². The molecule has 21 heavy (non-hydrogen) atoms. The normalized spacial score (nSPS) is 13.1. The van der Waals surface area contributed by atoms with E-state index in [0.29, 0.717) is 12.7 Å². The molecule has 1 N–H and O–H groups in total. The van der Waals surface area contributed by atoms with Gasteiger partial charge >= 0.3 is 6.18 Å². The van der Waals surface area contributed by atoms with E-state index in [4.69, 9.17) is 9.84 Å². The first kappa shape index (κ1) is 21.7. The Balaban J connectivity index is 0. The first-order chi connectivity index (χ1) is 9.66. The second-order valence-electron chi connectivity index (χ2n) is 4.54. The second-order valence-corrected chi connectivity index (χ2v) is 4.54. The van der Waals surface area contributed by atoms with Crippen molar-refractivity contribution in [1.82, 2.24) is 0 Å². The predicted molar refractivity (Wildman–Crippen MR) is 76.7 cm³/mol. The number of aldehydes is 1. The SMILES string of the molecule is C=C/C(=C\C=C(/CCC)C(F)(F)F)OC(C)(C)C=O.CO. The van der Waals surface area contributed by atoms with Crippen molar-refractivity contribution in [3.05, 3.63) is 36.1 Å². The lowest BCUT2D eigenvalue weighted by atomic mass is 10.1. The van der Waals surface area contributed by atoms with Crippen molar-refractivity contribution < 1.29 is 27.8 Å². The maximum absolute atomic E-state index is 12.6. The summed E-state index contributed by atoms with van der Waals surface area (Å²) in [5, 5.41) is 7.00. The molecule has 0 aliphatic carbocycles. The molecular weight excluding hydrogens is 285 g/mol. The van der Waals surface area contributed by atoms with Crippen LogP contribution in [0, 0.1) is 0 Å². The molecule has 122 valence electrons. The Labute approximate surface area is 123 Å². The zero-order valence-electron chi connectivity index (χ0n) is 12.8. The zero-order valence-corrected chi connectivity index (χ0v) is 12.8. The van der Waals surface area contributed by atoms with Gasteiger partial charge in [0.1, 0.15) is 5.76 Å². The number of rotatable bonds is 7. The van der Waals surface area contributed by atoms with E-state index in [2.05, 4.69) is 6.58 Å². The van der Waals surface area contributed by atoms with E-state index in [9.17, 15) is 18.0 Å². The molecule has 0 saturated heterocycles. The summed E-state index contributed by atoms with van der Waals surface area (Å²) < 4.78 is 43.2. The number of hydrogen-bond acceptors (Lipinski definition) is 3. The fraction of sp³-hybridized carbons (Fsp3) is 0.533. The van der Waals surface area contributed by atoms with Gasteiger partial charge in [-0.15, -0.1) is 0 Å². The maximum atomic E-state index is 12.6. The van der Waals surface area contributed by atoms with Crippen molar-refractivity contribution in [2.45, 2.75) is 45.4 Å². The lowest BCUT2D eigenvalue weighted by molar-refractivity contribution is -0.122. The van der Waals surface area contributed by atoms with E-state index in [1.54, 1.807) is 6.92 Å². The van der Waals surface area contributed by atoms with Gasteiger partial charge in [0.25, 0.3) is 0 Å². The molecule has 0 aliphatic rings. The first-order valence-corrected chi connectivity index (χ1v) is 6.37. The number of carbonyl (C=O) groups excluding carboxylic acids is 1. The van der Waals surface area contributed by atoms with Crippen LogP contribution >= 0.6 is 0 Å². The fourth-order valence-electron chi connectivity index (χ4n) is 1.24. The van der Waals surface area contributed by atoms with Gasteiger partial charge in [0.15, 0.2) is 11.9 Å². The molecule has 0 bridgehead atoms. The Morgan fingerprint density at radius 1 is 1.24 bits per heavy atom. The van der Waals surface area contributed by atoms with E-state index < -0.39 is 17.4 Å². The third kappa shape index (κ3) is 9.90. The Morgan fingerprint density at radius 3 is 2.10 bits per heavy atom. The van der Waals surface area contributed by atoms with Crippen LogP contribution in [-0.2, 0) is 9.53 Å². The predicted octanol–water partition coefficient (Wildman–Crippen LogP) is 3.95. The van der Waals surface area contributed by atoms with Crippen LogP contribution in [0.2, 0.25) is 0 Å². The minimum absolute atomic E-state index is 0.0680. The number of allylic oxidation sites excluding steroid dienone is 4. The number of halogens is 3. The number of aliphatic hydroxyl groups excluding tert-OH is 1. The van der Waals surface area contributed by atoms with Crippen LogP contribution < -0.4 is 0 Å². The molecule has 6 heteroatoms. The lowest BCUT2D eigenvalue weighted by Gasteiger charge is -2.20. The van der Waals surface area contributed by atoms with Gasteiger partial charge in [-0.3, -0.25) is 4.79 Å². The molecule has 0 fully saturated rings. The van der Waals surface area contributed by atoms with Gasteiger partial charge in [-0.1, -0.05) is 26.0 Å². The third-order valence-electron chi connectivity index (χ3n) is 2.20. The summed E-state index contributed by atoms with van der Waals surface area (Å²) >= 11 is 0. The summed E-state index contributed by atoms with van der Waals surface area (Å²) in [6, 6.07) is 0. The highest BCUT2D eigenvalue weighted by Crippen LogP contribution is 2.29. The molecule has 0 heterocycles. The van der Waals surface area contributed by atoms with Crippen molar-refractivity contribution in [1.29, 1.82) is 0 Å². The van der Waals surface area contributed by atoms with Gasteiger partial charge in [-0.2, -0.15) is 13.2 Å². The number of hydrogen-bond donors (Lipinski definition) is 1. The molecule has 0 aromatic rings. The zero-order chi connectivity index (χ0) is 17.1. The molecule has 0 amide bonds. The summed E-state index contributed by atoms with van der Waals surface area (Å²) in [6.07, 6.45) is -0.0612. The highest BCUT2D eigenvalue weighted by molar-refractivity contribution is 5.61. The number of alkyl halides is 3. The lowest BCUT2D eigenvalue weighted by Crippen LogP contribution is -2.25. The smallest absolute Gasteiger partial charge is 0.412 e. The molecule has 0 atom stereocenters. The van der Waals surface area contributed by atoms with E-state index >= 15 is 0 Å². The Morgan fingerprint density at radius 2 is 1.76 bits per heavy atom. The van der Waals surface area contributed by atoms with Gasteiger partial charge in [-0.25, -0.2) is 0 Å². The Bertz CT molecular complexity index is 380. The molecule has 0 aliphatic heterocycles. The number of ether oxygens (including phenoxy) is 1. The summed E-state index contributed by atoms with van der Waals surface area (Å²) in [7, 11) is 1.00. The topological polar surface area (TPSA) is 46.5 Å². The van der Waals surface area contributed by atoms with E-state index in [-0.39, 0.29) is 12.2 Å². The van der Waals surface area contributed by atoms with Crippen molar-refractivity contribution in [2.75, 3.05) is 7.11 Å². The van der Waals surface area contributed by atoms with Gasteiger partial charge in [0, 0.05) is 12.7 Å². The minimum Gasteiger partial charge on any atom is -0.480 e. The van der Waals surface area contributed by atoms with Crippen LogP contribution in [0.3, 0.4) is 0 Å². The summed E-state index contributed by atoms with van der Waals surface area (Å²) in [5.41, 5.74) is -1.74. The van der Waals surface area contributed by atoms with Gasteiger partial charge in [0.05, 0.1) is 0 Å². The molecule has 0 aromatic carbocycles. The van der Waals surface area contributed by atoms with Gasteiger partial charge < -0.3 is 9.84 Å². The Kier molecular flexibility index (Phi) is 10.6. The van der Waals surface area contributed by atoms with E-state index in [1.807, 2.05) is 0 Å². The highest BCUT2D eigenvalue weighted by Gasteiger charge is 2.32. The fourth-order valence-corrected chi connectivity index (χ4v) is 1.24. The quantitative estimate of drug-likeness (QED) is 0.440. The molecule has 0 saturated carbocycles. The van der Waals surface area contributed by atoms with Crippen molar-refractivity contribution in [3.8, 4) is 0 Å². The van der Waals surface area contributed by atoms with Crippen LogP contribution in [0.4, 0.5) is 13.2 Å². The summed E-state index contributed by atoms with van der Waals surface area (Å²) in [5.74, 6) is 0.120. The molecule has 0 spiro atoms. The van der Waals surface area contributed by atoms with Gasteiger partial charge in [-0.05, 0) is 32.4 Å². The third-order valence-corrected chi connectivity index (χ3v) is 2.20. The van der Waals surface area contributed by atoms with E-state index in [1.165, 1.54) is 26.0 Å². The van der Waals surface area contributed by atoms with Crippen LogP contribution in [0.5, 0.6) is 0 Å². The standard InChI is InChI=1S/C14H19F3O2.CH4O/c1-5-7-11(14(15,16)17)8-9-12(6-2)19-13(3,4)10-18;1-2/h6,8-10H,2,5,7H2,1,3-4H3;2H,1H3/b11-8+,12-9+;. The second kappa shape index (κ2) is 10.2. The van der Waals surface area contributed by atoms with Crippen molar-refractivity contribution in [2.24, 2.45) is 0 Å². The summed E-state index contributed by atoms with van der Waals surface area (Å²) in [6.45, 7) is 8.14. The average molecular weight is 308 g/mol. The van der Waals surface area contributed by atoms with Crippen molar-refractivity contribution in [3.63, 3.8) is 0 Å². The number of carbonyl (C=O) groups is 1. The van der Waals surface area contributed by atoms with Crippen LogP contribution in [0.25, 0.3) is 0 Å². The Hall–Kier alpha value is -1.56. The summed E-state index contributed by atoms with van der Waals surface area (Å²) in [4.78, 5) is 10.7. The maximum Gasteiger partial charge on any atom is 0.412 e. The van der Waals surface area contributed by atoms with Gasteiger partial charge in [0.2, 0.25) is 0 Å². The first-order valence-electron chi connectivity index (χ1n) is 6.37. The molecule has 0 aromatic heterocycles. The van der Waals surface area contributed by atoms with Crippen LogP contribution in [0.1, 0.15) is 33.6 Å². The minimum atomic E-state index is -4.36. The highest BCUT2D eigenvalue weighted by atomic mass is 19.4.